The number of anilines is 1. The molecule has 6 heteroatoms. The number of nitrogens with one attached hydrogen (secondary N) is 1. The Kier molecular flexibility index (Phi) is 6.28. The van der Waals surface area contributed by atoms with E-state index in [1.54, 1.807) is 63.8 Å². The lowest BCUT2D eigenvalue weighted by atomic mass is 10.1. The van der Waals surface area contributed by atoms with Crippen molar-refractivity contribution in [3.8, 4) is 23.0 Å². The predicted molar refractivity (Wildman–Crippen MR) is 96.8 cm³/mol. The standard InChI is InChI=1S/C19H21NO5/c1-22-15-7-5-6-14(12-15)20-18(21)9-8-13-10-16(23-2)19(25-4)17(11-13)24-3/h5-12H,1-4H3,(H,20,21)/b9-8+. The zero-order valence-electron chi connectivity index (χ0n) is 14.7. The highest BCUT2D eigenvalue weighted by atomic mass is 16.5. The number of hydrogen-bond donors (Lipinski definition) is 1. The first-order valence-corrected chi connectivity index (χ1v) is 7.54. The van der Waals surface area contributed by atoms with Crippen molar-refractivity contribution in [2.75, 3.05) is 33.8 Å². The summed E-state index contributed by atoms with van der Waals surface area (Å²) in [7, 11) is 6.20. The van der Waals surface area contributed by atoms with Crippen molar-refractivity contribution in [1.29, 1.82) is 0 Å². The van der Waals surface area contributed by atoms with E-state index in [1.165, 1.54) is 13.2 Å². The van der Waals surface area contributed by atoms with Crippen LogP contribution in [0.1, 0.15) is 5.56 Å². The molecule has 132 valence electrons. The van der Waals surface area contributed by atoms with Crippen molar-refractivity contribution in [3.05, 3.63) is 48.0 Å². The molecule has 1 N–H and O–H groups in total. The quantitative estimate of drug-likeness (QED) is 0.781. The zero-order chi connectivity index (χ0) is 18.2. The van der Waals surface area contributed by atoms with Crippen LogP contribution in [0.5, 0.6) is 23.0 Å². The molecule has 0 heterocycles. The van der Waals surface area contributed by atoms with Gasteiger partial charge in [0, 0.05) is 17.8 Å². The maximum atomic E-state index is 12.1. The average Bonchev–Trinajstić information content (AvgIpc) is 2.65. The summed E-state index contributed by atoms with van der Waals surface area (Å²) in [6, 6.07) is 10.7. The van der Waals surface area contributed by atoms with E-state index in [0.29, 0.717) is 28.7 Å². The summed E-state index contributed by atoms with van der Waals surface area (Å²) >= 11 is 0. The fourth-order valence-electron chi connectivity index (χ4n) is 2.25. The van der Waals surface area contributed by atoms with Crippen LogP contribution in [0.2, 0.25) is 0 Å². The van der Waals surface area contributed by atoms with Crippen molar-refractivity contribution >= 4 is 17.7 Å². The van der Waals surface area contributed by atoms with Gasteiger partial charge in [0.15, 0.2) is 11.5 Å². The number of methoxy groups -OCH3 is 4. The second kappa shape index (κ2) is 8.63. The highest BCUT2D eigenvalue weighted by Gasteiger charge is 2.12. The molecule has 6 nitrogen and oxygen atoms in total. The summed E-state index contributed by atoms with van der Waals surface area (Å²) in [5.41, 5.74) is 1.40. The first kappa shape index (κ1) is 18.2. The van der Waals surface area contributed by atoms with Gasteiger partial charge in [-0.3, -0.25) is 4.79 Å². The third-order valence-corrected chi connectivity index (χ3v) is 3.45. The molecular weight excluding hydrogens is 322 g/mol. The van der Waals surface area contributed by atoms with Crippen LogP contribution >= 0.6 is 0 Å². The van der Waals surface area contributed by atoms with E-state index in [4.69, 9.17) is 18.9 Å². The number of ether oxygens (including phenoxy) is 4. The normalized spacial score (nSPS) is 10.4. The summed E-state index contributed by atoms with van der Waals surface area (Å²) in [5, 5.41) is 2.77. The lowest BCUT2D eigenvalue weighted by Gasteiger charge is -2.12. The van der Waals surface area contributed by atoms with E-state index in [-0.39, 0.29) is 5.91 Å². The molecule has 0 bridgehead atoms. The van der Waals surface area contributed by atoms with E-state index < -0.39 is 0 Å². The van der Waals surface area contributed by atoms with Crippen molar-refractivity contribution in [3.63, 3.8) is 0 Å². The number of hydrogen-bond acceptors (Lipinski definition) is 5. The Morgan fingerprint density at radius 1 is 0.920 bits per heavy atom. The van der Waals surface area contributed by atoms with E-state index in [1.807, 2.05) is 0 Å². The molecule has 0 spiro atoms. The maximum absolute atomic E-state index is 12.1. The summed E-state index contributed by atoms with van der Waals surface area (Å²) in [5.74, 6) is 1.96. The fraction of sp³-hybridized carbons (Fsp3) is 0.211. The van der Waals surface area contributed by atoms with Crippen LogP contribution in [0.4, 0.5) is 5.69 Å². The van der Waals surface area contributed by atoms with Crippen LogP contribution in [-0.4, -0.2) is 34.3 Å². The van der Waals surface area contributed by atoms with E-state index in [2.05, 4.69) is 5.32 Å². The predicted octanol–water partition coefficient (Wildman–Crippen LogP) is 3.37. The molecule has 0 aromatic heterocycles. The van der Waals surface area contributed by atoms with Gasteiger partial charge in [0.05, 0.1) is 28.4 Å². The minimum atomic E-state index is -0.262. The number of benzene rings is 2. The molecule has 0 saturated carbocycles. The van der Waals surface area contributed by atoms with Crippen LogP contribution in [-0.2, 0) is 4.79 Å². The van der Waals surface area contributed by atoms with Crippen LogP contribution in [0.15, 0.2) is 42.5 Å². The fourth-order valence-corrected chi connectivity index (χ4v) is 2.25. The van der Waals surface area contributed by atoms with Gasteiger partial charge in [-0.2, -0.15) is 0 Å². The third-order valence-electron chi connectivity index (χ3n) is 3.45. The monoisotopic (exact) mass is 343 g/mol. The first-order chi connectivity index (χ1) is 12.1. The molecule has 0 aliphatic rings. The van der Waals surface area contributed by atoms with E-state index in [9.17, 15) is 4.79 Å². The lowest BCUT2D eigenvalue weighted by Crippen LogP contribution is -2.07. The largest absolute Gasteiger partial charge is 0.497 e. The molecule has 2 aromatic carbocycles. The minimum absolute atomic E-state index is 0.262. The summed E-state index contributed by atoms with van der Waals surface area (Å²) in [6.45, 7) is 0. The second-order valence-corrected chi connectivity index (χ2v) is 5.01. The van der Waals surface area contributed by atoms with Gasteiger partial charge in [-0.05, 0) is 35.9 Å². The number of amides is 1. The van der Waals surface area contributed by atoms with Crippen molar-refractivity contribution in [2.24, 2.45) is 0 Å². The minimum Gasteiger partial charge on any atom is -0.497 e. The molecule has 2 aromatic rings. The molecule has 0 saturated heterocycles. The smallest absolute Gasteiger partial charge is 0.248 e. The second-order valence-electron chi connectivity index (χ2n) is 5.01. The first-order valence-electron chi connectivity index (χ1n) is 7.54. The average molecular weight is 343 g/mol. The van der Waals surface area contributed by atoms with Gasteiger partial charge in [0.1, 0.15) is 5.75 Å². The molecule has 1 amide bonds. The van der Waals surface area contributed by atoms with E-state index in [0.717, 1.165) is 5.56 Å². The molecule has 0 aliphatic carbocycles. The van der Waals surface area contributed by atoms with Crippen LogP contribution in [0, 0.1) is 0 Å². The molecule has 0 atom stereocenters. The Balaban J connectivity index is 2.16. The SMILES string of the molecule is COc1cccc(NC(=O)/C=C/c2cc(OC)c(OC)c(OC)c2)c1. The van der Waals surface area contributed by atoms with Gasteiger partial charge in [0.2, 0.25) is 11.7 Å². The van der Waals surface area contributed by atoms with Crippen LogP contribution in [0.3, 0.4) is 0 Å². The zero-order valence-corrected chi connectivity index (χ0v) is 14.7. The number of carbonyl (C=O) groups excluding carboxylic acids is 1. The molecular formula is C19H21NO5. The van der Waals surface area contributed by atoms with Crippen LogP contribution < -0.4 is 24.3 Å². The number of carbonyl (C=O) groups is 1. The Labute approximate surface area is 147 Å². The van der Waals surface area contributed by atoms with Gasteiger partial charge in [-0.15, -0.1) is 0 Å². The molecule has 0 unspecified atom stereocenters. The summed E-state index contributed by atoms with van der Waals surface area (Å²) in [6.07, 6.45) is 3.10. The van der Waals surface area contributed by atoms with Gasteiger partial charge >= 0.3 is 0 Å². The molecule has 0 radical (unpaired) electrons. The van der Waals surface area contributed by atoms with Crippen molar-refractivity contribution in [1.82, 2.24) is 0 Å². The molecule has 0 aliphatic heterocycles. The van der Waals surface area contributed by atoms with Crippen molar-refractivity contribution < 1.29 is 23.7 Å². The highest BCUT2D eigenvalue weighted by Crippen LogP contribution is 2.38. The topological polar surface area (TPSA) is 66.0 Å². The van der Waals surface area contributed by atoms with Gasteiger partial charge in [-0.25, -0.2) is 0 Å². The van der Waals surface area contributed by atoms with Gasteiger partial charge in [0.25, 0.3) is 0 Å². The van der Waals surface area contributed by atoms with Gasteiger partial charge < -0.3 is 24.3 Å². The summed E-state index contributed by atoms with van der Waals surface area (Å²) in [4.78, 5) is 12.1. The Bertz CT molecular complexity index is 745. The summed E-state index contributed by atoms with van der Waals surface area (Å²) < 4.78 is 21.0. The molecule has 0 fully saturated rings. The lowest BCUT2D eigenvalue weighted by molar-refractivity contribution is -0.111. The maximum Gasteiger partial charge on any atom is 0.248 e. The van der Waals surface area contributed by atoms with Crippen molar-refractivity contribution in [2.45, 2.75) is 0 Å². The highest BCUT2D eigenvalue weighted by molar-refractivity contribution is 6.02. The van der Waals surface area contributed by atoms with E-state index >= 15 is 0 Å². The molecule has 25 heavy (non-hydrogen) atoms. The van der Waals surface area contributed by atoms with Crippen LogP contribution in [0.25, 0.3) is 6.08 Å². The Morgan fingerprint density at radius 3 is 2.16 bits per heavy atom. The number of rotatable bonds is 7. The van der Waals surface area contributed by atoms with Gasteiger partial charge in [-0.1, -0.05) is 6.07 Å². The Morgan fingerprint density at radius 2 is 1.60 bits per heavy atom. The third kappa shape index (κ3) is 4.67. The molecule has 2 rings (SSSR count). The Hall–Kier alpha value is -3.15.